The van der Waals surface area contributed by atoms with E-state index in [0.29, 0.717) is 24.0 Å². The van der Waals surface area contributed by atoms with E-state index in [9.17, 15) is 14.4 Å². The molecule has 4 rings (SSSR count). The second-order valence-electron chi connectivity index (χ2n) is 8.23. The van der Waals surface area contributed by atoms with Crippen molar-refractivity contribution in [3.05, 3.63) is 5.82 Å². The molecule has 4 amide bonds. The molecule has 10 heteroatoms. The summed E-state index contributed by atoms with van der Waals surface area (Å²) < 4.78 is 2.13. The second-order valence-corrected chi connectivity index (χ2v) is 9.17. The van der Waals surface area contributed by atoms with Crippen LogP contribution in [0, 0.1) is 6.92 Å². The standard InChI is InChI=1S/C19H28N6O3S/c1-13-21-22-18(24(13)14-8-4-2-5-9-14)29-12-15(26)23-25-16(27)19(20-17(25)28)10-6-3-7-11-19/h14H,2-12H2,1H3,(H,20,28)(H,23,26). The Morgan fingerprint density at radius 1 is 1.14 bits per heavy atom. The maximum Gasteiger partial charge on any atom is 0.344 e. The average Bonchev–Trinajstić information content (AvgIpc) is 3.20. The normalized spacial score (nSPS) is 22.2. The number of carbonyl (C=O) groups is 3. The number of hydrogen-bond acceptors (Lipinski definition) is 6. The predicted molar refractivity (Wildman–Crippen MR) is 107 cm³/mol. The summed E-state index contributed by atoms with van der Waals surface area (Å²) in [5, 5.41) is 12.8. The molecule has 2 heterocycles. The molecule has 2 aliphatic carbocycles. The Kier molecular flexibility index (Phi) is 5.80. The van der Waals surface area contributed by atoms with Gasteiger partial charge in [-0.25, -0.2) is 4.79 Å². The van der Waals surface area contributed by atoms with Crippen molar-refractivity contribution in [3.8, 4) is 0 Å². The third kappa shape index (κ3) is 3.99. The summed E-state index contributed by atoms with van der Waals surface area (Å²) in [5.74, 6) is 0.173. The number of thioether (sulfide) groups is 1. The van der Waals surface area contributed by atoms with Gasteiger partial charge in [0.05, 0.1) is 5.75 Å². The molecular weight excluding hydrogens is 392 g/mol. The van der Waals surface area contributed by atoms with Crippen LogP contribution in [-0.2, 0) is 9.59 Å². The number of imide groups is 1. The first-order chi connectivity index (χ1) is 14.0. The number of aryl methyl sites for hydroxylation is 1. The van der Waals surface area contributed by atoms with Crippen molar-refractivity contribution in [1.82, 2.24) is 30.5 Å². The van der Waals surface area contributed by atoms with E-state index in [0.717, 1.165) is 42.9 Å². The summed E-state index contributed by atoms with van der Waals surface area (Å²) in [4.78, 5) is 37.5. The Bertz CT molecular complexity index is 798. The maximum absolute atomic E-state index is 12.8. The number of nitrogens with zero attached hydrogens (tertiary/aromatic N) is 4. The van der Waals surface area contributed by atoms with Crippen molar-refractivity contribution in [2.45, 2.75) is 87.9 Å². The number of amides is 4. The van der Waals surface area contributed by atoms with Gasteiger partial charge in [-0.2, -0.15) is 5.01 Å². The Labute approximate surface area is 174 Å². The molecule has 0 bridgehead atoms. The van der Waals surface area contributed by atoms with Gasteiger partial charge < -0.3 is 9.88 Å². The highest BCUT2D eigenvalue weighted by Gasteiger charge is 2.52. The first-order valence-corrected chi connectivity index (χ1v) is 11.5. The van der Waals surface area contributed by atoms with E-state index in [2.05, 4.69) is 25.5 Å². The third-order valence-electron chi connectivity index (χ3n) is 6.21. The molecule has 0 atom stereocenters. The Morgan fingerprint density at radius 3 is 2.55 bits per heavy atom. The first kappa shape index (κ1) is 20.2. The zero-order valence-electron chi connectivity index (χ0n) is 16.8. The van der Waals surface area contributed by atoms with Crippen LogP contribution < -0.4 is 10.7 Å². The lowest BCUT2D eigenvalue weighted by Gasteiger charge is -2.30. The highest BCUT2D eigenvalue weighted by molar-refractivity contribution is 7.99. The zero-order valence-corrected chi connectivity index (χ0v) is 17.6. The molecule has 1 spiro atoms. The molecular formula is C19H28N6O3S. The van der Waals surface area contributed by atoms with Crippen LogP contribution >= 0.6 is 11.8 Å². The molecule has 158 valence electrons. The Balaban J connectivity index is 1.36. The summed E-state index contributed by atoms with van der Waals surface area (Å²) in [5.41, 5.74) is 1.64. The third-order valence-corrected chi connectivity index (χ3v) is 7.16. The van der Waals surface area contributed by atoms with Crippen molar-refractivity contribution < 1.29 is 14.4 Å². The minimum absolute atomic E-state index is 0.0644. The van der Waals surface area contributed by atoms with E-state index in [1.165, 1.54) is 31.0 Å². The van der Waals surface area contributed by atoms with E-state index in [-0.39, 0.29) is 11.7 Å². The van der Waals surface area contributed by atoms with Crippen molar-refractivity contribution in [2.24, 2.45) is 0 Å². The minimum atomic E-state index is -0.839. The molecule has 2 saturated carbocycles. The number of nitrogens with one attached hydrogen (secondary N) is 2. The van der Waals surface area contributed by atoms with Crippen molar-refractivity contribution in [2.75, 3.05) is 5.75 Å². The van der Waals surface area contributed by atoms with E-state index in [1.807, 2.05) is 6.92 Å². The number of aromatic nitrogens is 3. The fourth-order valence-electron chi connectivity index (χ4n) is 4.71. The molecule has 9 nitrogen and oxygen atoms in total. The van der Waals surface area contributed by atoms with Crippen LogP contribution in [0.1, 0.15) is 76.1 Å². The predicted octanol–water partition coefficient (Wildman–Crippen LogP) is 2.47. The minimum Gasteiger partial charge on any atom is -0.322 e. The summed E-state index contributed by atoms with van der Waals surface area (Å²) >= 11 is 1.29. The highest BCUT2D eigenvalue weighted by Crippen LogP contribution is 2.34. The van der Waals surface area contributed by atoms with Gasteiger partial charge in [-0.05, 0) is 32.6 Å². The lowest BCUT2D eigenvalue weighted by atomic mass is 9.82. The summed E-state index contributed by atoms with van der Waals surface area (Å²) in [7, 11) is 0. The number of hydrazine groups is 1. The van der Waals surface area contributed by atoms with E-state index in [4.69, 9.17) is 0 Å². The summed E-state index contributed by atoms with van der Waals surface area (Å²) in [6.45, 7) is 1.93. The van der Waals surface area contributed by atoms with Gasteiger partial charge in [-0.15, -0.1) is 10.2 Å². The second kappa shape index (κ2) is 8.33. The van der Waals surface area contributed by atoms with Crippen LogP contribution in [-0.4, -0.2) is 48.9 Å². The van der Waals surface area contributed by atoms with Crippen LogP contribution in [0.25, 0.3) is 0 Å². The van der Waals surface area contributed by atoms with Crippen molar-refractivity contribution >= 4 is 29.6 Å². The van der Waals surface area contributed by atoms with Crippen molar-refractivity contribution in [1.29, 1.82) is 0 Å². The van der Waals surface area contributed by atoms with Gasteiger partial charge in [0.2, 0.25) is 5.91 Å². The molecule has 3 fully saturated rings. The number of urea groups is 1. The molecule has 29 heavy (non-hydrogen) atoms. The van der Waals surface area contributed by atoms with Crippen LogP contribution in [0.2, 0.25) is 0 Å². The van der Waals surface area contributed by atoms with E-state index < -0.39 is 17.5 Å². The fraction of sp³-hybridized carbons (Fsp3) is 0.737. The molecule has 1 saturated heterocycles. The number of rotatable bonds is 5. The fourth-order valence-corrected chi connectivity index (χ4v) is 5.55. The topological polar surface area (TPSA) is 109 Å². The molecule has 3 aliphatic rings. The van der Waals surface area contributed by atoms with Gasteiger partial charge in [0.15, 0.2) is 5.16 Å². The van der Waals surface area contributed by atoms with Crippen LogP contribution in [0.5, 0.6) is 0 Å². The molecule has 0 aromatic carbocycles. The zero-order chi connectivity index (χ0) is 20.4. The highest BCUT2D eigenvalue weighted by atomic mass is 32.2. The lowest BCUT2D eigenvalue weighted by molar-refractivity contribution is -0.139. The quantitative estimate of drug-likeness (QED) is 0.559. The SMILES string of the molecule is Cc1nnc(SCC(=O)NN2C(=O)NC3(CCCCC3)C2=O)n1C1CCCCC1. The molecule has 2 N–H and O–H groups in total. The summed E-state index contributed by atoms with van der Waals surface area (Å²) in [6, 6.07) is -0.169. The largest absolute Gasteiger partial charge is 0.344 e. The molecule has 1 aliphatic heterocycles. The monoisotopic (exact) mass is 420 g/mol. The van der Waals surface area contributed by atoms with E-state index in [1.54, 1.807) is 0 Å². The molecule has 0 radical (unpaired) electrons. The molecule has 0 unspecified atom stereocenters. The van der Waals surface area contributed by atoms with Crippen LogP contribution in [0.3, 0.4) is 0 Å². The van der Waals surface area contributed by atoms with Gasteiger partial charge in [0, 0.05) is 6.04 Å². The first-order valence-electron chi connectivity index (χ1n) is 10.5. The molecule has 1 aromatic heterocycles. The summed E-state index contributed by atoms with van der Waals surface area (Å²) in [6.07, 6.45) is 9.98. The van der Waals surface area contributed by atoms with Crippen LogP contribution in [0.4, 0.5) is 4.79 Å². The molecule has 1 aromatic rings. The average molecular weight is 421 g/mol. The van der Waals surface area contributed by atoms with Gasteiger partial charge in [-0.1, -0.05) is 50.3 Å². The Hall–Kier alpha value is -2.10. The number of hydrogen-bond donors (Lipinski definition) is 2. The van der Waals surface area contributed by atoms with E-state index >= 15 is 0 Å². The van der Waals surface area contributed by atoms with Gasteiger partial charge in [-0.3, -0.25) is 15.0 Å². The Morgan fingerprint density at radius 2 is 1.83 bits per heavy atom. The lowest BCUT2D eigenvalue weighted by Crippen LogP contribution is -2.51. The van der Waals surface area contributed by atoms with Crippen molar-refractivity contribution in [3.63, 3.8) is 0 Å². The van der Waals surface area contributed by atoms with Gasteiger partial charge >= 0.3 is 6.03 Å². The smallest absolute Gasteiger partial charge is 0.322 e. The van der Waals surface area contributed by atoms with Gasteiger partial charge in [0.1, 0.15) is 11.4 Å². The maximum atomic E-state index is 12.8. The van der Waals surface area contributed by atoms with Gasteiger partial charge in [0.25, 0.3) is 5.91 Å². The van der Waals surface area contributed by atoms with Crippen LogP contribution in [0.15, 0.2) is 5.16 Å². The number of carbonyl (C=O) groups excluding carboxylic acids is 3.